The van der Waals surface area contributed by atoms with Crippen molar-refractivity contribution in [1.82, 2.24) is 0 Å². The zero-order valence-electron chi connectivity index (χ0n) is 6.20. The fraction of sp³-hybridized carbons (Fsp3) is 0.125. The summed E-state index contributed by atoms with van der Waals surface area (Å²) in [5.41, 5.74) is 6.13. The van der Waals surface area contributed by atoms with Crippen LogP contribution in [0.1, 0.15) is 11.6 Å². The van der Waals surface area contributed by atoms with Gasteiger partial charge < -0.3 is 5.73 Å². The first-order chi connectivity index (χ1) is 5.25. The standard InChI is InChI=1S/C8H7ClN2.ClH/c9-7-4-2-1-3-6(7)8(11)5-10;/h1-4,8H,11H2;1H. The van der Waals surface area contributed by atoms with Crippen LogP contribution in [0.4, 0.5) is 0 Å². The molecule has 1 rings (SSSR count). The third-order valence-corrected chi connectivity index (χ3v) is 1.72. The maximum atomic E-state index is 8.48. The molecule has 2 nitrogen and oxygen atoms in total. The maximum Gasteiger partial charge on any atom is 0.120 e. The summed E-state index contributed by atoms with van der Waals surface area (Å²) < 4.78 is 0. The molecule has 1 unspecified atom stereocenters. The van der Waals surface area contributed by atoms with Gasteiger partial charge in [-0.3, -0.25) is 0 Å². The van der Waals surface area contributed by atoms with Crippen molar-refractivity contribution in [3.8, 4) is 6.07 Å². The van der Waals surface area contributed by atoms with E-state index in [-0.39, 0.29) is 12.4 Å². The highest BCUT2D eigenvalue weighted by atomic mass is 35.5. The molecule has 0 fully saturated rings. The second kappa shape index (κ2) is 5.00. The van der Waals surface area contributed by atoms with E-state index in [0.29, 0.717) is 10.6 Å². The summed E-state index contributed by atoms with van der Waals surface area (Å²) in [7, 11) is 0. The number of hydrogen-bond acceptors (Lipinski definition) is 2. The summed E-state index contributed by atoms with van der Waals surface area (Å²) >= 11 is 5.77. The number of nitriles is 1. The zero-order valence-corrected chi connectivity index (χ0v) is 7.77. The second-order valence-electron chi connectivity index (χ2n) is 2.13. The number of nitrogens with zero attached hydrogens (tertiary/aromatic N) is 1. The van der Waals surface area contributed by atoms with Gasteiger partial charge in [-0.05, 0) is 6.07 Å². The number of hydrogen-bond donors (Lipinski definition) is 1. The van der Waals surface area contributed by atoms with E-state index in [1.54, 1.807) is 24.3 Å². The van der Waals surface area contributed by atoms with Gasteiger partial charge in [-0.2, -0.15) is 5.26 Å². The van der Waals surface area contributed by atoms with Crippen LogP contribution >= 0.6 is 24.0 Å². The van der Waals surface area contributed by atoms with Gasteiger partial charge >= 0.3 is 0 Å². The normalized spacial score (nSPS) is 11.1. The van der Waals surface area contributed by atoms with Gasteiger partial charge in [0.2, 0.25) is 0 Å². The minimum absolute atomic E-state index is 0. The summed E-state index contributed by atoms with van der Waals surface area (Å²) in [6, 6.07) is 8.36. The molecule has 0 saturated carbocycles. The zero-order chi connectivity index (χ0) is 8.27. The summed E-state index contributed by atoms with van der Waals surface area (Å²) in [5, 5.41) is 9.02. The van der Waals surface area contributed by atoms with Gasteiger partial charge in [0.05, 0.1) is 6.07 Å². The van der Waals surface area contributed by atoms with Crippen molar-refractivity contribution in [2.45, 2.75) is 6.04 Å². The summed E-state index contributed by atoms with van der Waals surface area (Å²) in [5.74, 6) is 0. The number of nitrogens with two attached hydrogens (primary N) is 1. The van der Waals surface area contributed by atoms with Crippen LogP contribution in [0, 0.1) is 11.3 Å². The molecule has 0 spiro atoms. The SMILES string of the molecule is Cl.N#CC(N)c1ccccc1Cl. The monoisotopic (exact) mass is 202 g/mol. The Morgan fingerprint density at radius 1 is 1.42 bits per heavy atom. The van der Waals surface area contributed by atoms with Gasteiger partial charge in [-0.25, -0.2) is 0 Å². The Morgan fingerprint density at radius 2 is 2.00 bits per heavy atom. The summed E-state index contributed by atoms with van der Waals surface area (Å²) in [4.78, 5) is 0. The van der Waals surface area contributed by atoms with Crippen molar-refractivity contribution in [3.63, 3.8) is 0 Å². The summed E-state index contributed by atoms with van der Waals surface area (Å²) in [6.07, 6.45) is 0. The minimum Gasteiger partial charge on any atom is -0.312 e. The lowest BCUT2D eigenvalue weighted by atomic mass is 10.1. The van der Waals surface area contributed by atoms with Gasteiger partial charge in [0.1, 0.15) is 6.04 Å². The van der Waals surface area contributed by atoms with Crippen LogP contribution in [0.2, 0.25) is 5.02 Å². The smallest absolute Gasteiger partial charge is 0.120 e. The maximum absolute atomic E-state index is 8.48. The molecule has 0 aliphatic heterocycles. The lowest BCUT2D eigenvalue weighted by Crippen LogP contribution is -2.07. The van der Waals surface area contributed by atoms with Crippen molar-refractivity contribution in [1.29, 1.82) is 5.26 Å². The van der Waals surface area contributed by atoms with Gasteiger partial charge in [-0.1, -0.05) is 29.8 Å². The van der Waals surface area contributed by atoms with E-state index in [9.17, 15) is 0 Å². The molecule has 0 aromatic heterocycles. The number of halogens is 2. The highest BCUT2D eigenvalue weighted by molar-refractivity contribution is 6.31. The van der Waals surface area contributed by atoms with Gasteiger partial charge in [0.25, 0.3) is 0 Å². The van der Waals surface area contributed by atoms with Crippen LogP contribution in [0.15, 0.2) is 24.3 Å². The van der Waals surface area contributed by atoms with Gasteiger partial charge in [0, 0.05) is 10.6 Å². The molecular weight excluding hydrogens is 195 g/mol. The van der Waals surface area contributed by atoms with Crippen molar-refractivity contribution in [2.24, 2.45) is 5.73 Å². The van der Waals surface area contributed by atoms with Crippen molar-refractivity contribution >= 4 is 24.0 Å². The highest BCUT2D eigenvalue weighted by Crippen LogP contribution is 2.19. The van der Waals surface area contributed by atoms with Gasteiger partial charge in [-0.15, -0.1) is 12.4 Å². The first kappa shape index (κ1) is 11.2. The van der Waals surface area contributed by atoms with Crippen LogP contribution in [0.5, 0.6) is 0 Å². The van der Waals surface area contributed by atoms with E-state index in [1.807, 2.05) is 6.07 Å². The molecule has 0 amide bonds. The lowest BCUT2D eigenvalue weighted by Gasteiger charge is -2.03. The Morgan fingerprint density at radius 3 is 2.50 bits per heavy atom. The Labute approximate surface area is 82.4 Å². The molecule has 4 heteroatoms. The van der Waals surface area contributed by atoms with E-state index in [4.69, 9.17) is 22.6 Å². The molecule has 1 aromatic carbocycles. The first-order valence-corrected chi connectivity index (χ1v) is 3.53. The Hall–Kier alpha value is -0.750. The Balaban J connectivity index is 0.00000121. The van der Waals surface area contributed by atoms with Crippen molar-refractivity contribution in [3.05, 3.63) is 34.9 Å². The van der Waals surface area contributed by atoms with Crippen molar-refractivity contribution < 1.29 is 0 Å². The van der Waals surface area contributed by atoms with Crippen LogP contribution in [-0.2, 0) is 0 Å². The molecule has 0 saturated heterocycles. The highest BCUT2D eigenvalue weighted by Gasteiger charge is 2.06. The molecule has 64 valence electrons. The Bertz CT molecular complexity index is 293. The molecule has 0 aliphatic rings. The molecule has 0 bridgehead atoms. The average molecular weight is 203 g/mol. The van der Waals surface area contributed by atoms with Crippen LogP contribution in [0.25, 0.3) is 0 Å². The molecular formula is C8H8Cl2N2. The van der Waals surface area contributed by atoms with Crippen LogP contribution in [0.3, 0.4) is 0 Å². The van der Waals surface area contributed by atoms with E-state index < -0.39 is 6.04 Å². The third kappa shape index (κ3) is 2.38. The molecule has 0 radical (unpaired) electrons. The number of benzene rings is 1. The Kier molecular flexibility index (Phi) is 4.68. The topological polar surface area (TPSA) is 49.8 Å². The molecule has 1 atom stereocenters. The lowest BCUT2D eigenvalue weighted by molar-refractivity contribution is 0.926. The van der Waals surface area contributed by atoms with E-state index >= 15 is 0 Å². The largest absolute Gasteiger partial charge is 0.312 e. The molecule has 2 N–H and O–H groups in total. The van der Waals surface area contributed by atoms with Gasteiger partial charge in [0.15, 0.2) is 0 Å². The van der Waals surface area contributed by atoms with Crippen LogP contribution < -0.4 is 5.73 Å². The molecule has 0 heterocycles. The predicted octanol–water partition coefficient (Wildman–Crippen LogP) is 2.29. The molecule has 12 heavy (non-hydrogen) atoms. The average Bonchev–Trinajstić information content (AvgIpc) is 2.04. The molecule has 0 aliphatic carbocycles. The van der Waals surface area contributed by atoms with E-state index in [2.05, 4.69) is 0 Å². The first-order valence-electron chi connectivity index (χ1n) is 3.15. The predicted molar refractivity (Wildman–Crippen MR) is 51.2 cm³/mol. The quantitative estimate of drug-likeness (QED) is 0.761. The van der Waals surface area contributed by atoms with Crippen molar-refractivity contribution in [2.75, 3.05) is 0 Å². The van der Waals surface area contributed by atoms with E-state index in [0.717, 1.165) is 0 Å². The number of rotatable bonds is 1. The summed E-state index contributed by atoms with van der Waals surface area (Å²) in [6.45, 7) is 0. The third-order valence-electron chi connectivity index (χ3n) is 1.38. The molecule has 1 aromatic rings. The fourth-order valence-electron chi connectivity index (χ4n) is 0.797. The van der Waals surface area contributed by atoms with E-state index in [1.165, 1.54) is 0 Å². The minimum atomic E-state index is -0.622. The second-order valence-corrected chi connectivity index (χ2v) is 2.54. The fourth-order valence-corrected chi connectivity index (χ4v) is 1.05. The van der Waals surface area contributed by atoms with Crippen LogP contribution in [-0.4, -0.2) is 0 Å².